The SMILES string of the molecule is CN(CCc1ccccn1)Cc1ccc2c(c1)CN(C(=O)C1COc3ccccc3O1)CCO2. The first-order chi connectivity index (χ1) is 16.7. The lowest BCUT2D eigenvalue weighted by Crippen LogP contribution is -2.46. The molecule has 3 aromatic rings. The zero-order valence-corrected chi connectivity index (χ0v) is 19.4. The molecule has 0 radical (unpaired) electrons. The second kappa shape index (κ2) is 10.1. The number of hydrogen-bond donors (Lipinski definition) is 0. The van der Waals surface area contributed by atoms with Crippen LogP contribution in [0.1, 0.15) is 16.8 Å². The van der Waals surface area contributed by atoms with E-state index in [9.17, 15) is 4.79 Å². The van der Waals surface area contributed by atoms with Crippen LogP contribution in [0.25, 0.3) is 0 Å². The number of aromatic nitrogens is 1. The molecule has 2 aliphatic heterocycles. The molecule has 0 N–H and O–H groups in total. The number of hydrogen-bond acceptors (Lipinski definition) is 6. The number of carbonyl (C=O) groups excluding carboxylic acids is 1. The summed E-state index contributed by atoms with van der Waals surface area (Å²) in [5.74, 6) is 2.03. The van der Waals surface area contributed by atoms with Gasteiger partial charge in [0.05, 0.1) is 6.54 Å². The molecule has 0 fully saturated rings. The molecule has 0 saturated heterocycles. The van der Waals surface area contributed by atoms with Gasteiger partial charge in [-0.1, -0.05) is 24.3 Å². The third-order valence-electron chi connectivity index (χ3n) is 6.13. The van der Waals surface area contributed by atoms with Gasteiger partial charge in [-0.2, -0.15) is 0 Å². The van der Waals surface area contributed by atoms with E-state index >= 15 is 0 Å². The second-order valence-corrected chi connectivity index (χ2v) is 8.72. The van der Waals surface area contributed by atoms with Crippen LogP contribution in [0.3, 0.4) is 0 Å². The van der Waals surface area contributed by atoms with E-state index in [1.54, 1.807) is 0 Å². The van der Waals surface area contributed by atoms with E-state index in [1.165, 1.54) is 5.56 Å². The van der Waals surface area contributed by atoms with E-state index in [4.69, 9.17) is 14.2 Å². The predicted octanol–water partition coefficient (Wildman–Crippen LogP) is 3.32. The van der Waals surface area contributed by atoms with Gasteiger partial charge >= 0.3 is 0 Å². The van der Waals surface area contributed by atoms with Crippen molar-refractivity contribution in [2.45, 2.75) is 25.6 Å². The van der Waals surface area contributed by atoms with Gasteiger partial charge in [0.15, 0.2) is 11.5 Å². The normalized spacial score (nSPS) is 17.0. The molecule has 1 unspecified atom stereocenters. The summed E-state index contributed by atoms with van der Waals surface area (Å²) in [5, 5.41) is 0. The molecule has 2 aromatic carbocycles. The van der Waals surface area contributed by atoms with Crippen molar-refractivity contribution in [2.24, 2.45) is 0 Å². The lowest BCUT2D eigenvalue weighted by molar-refractivity contribution is -0.142. The van der Waals surface area contributed by atoms with Crippen LogP contribution < -0.4 is 14.2 Å². The Balaban J connectivity index is 1.23. The molecule has 34 heavy (non-hydrogen) atoms. The minimum absolute atomic E-state index is 0.0798. The van der Waals surface area contributed by atoms with Gasteiger partial charge in [-0.25, -0.2) is 0 Å². The molecule has 3 heterocycles. The standard InChI is InChI=1S/C27H29N3O4/c1-29(13-11-22-6-4-5-12-28-22)17-20-9-10-23-21(16-20)18-30(14-15-32-23)27(31)26-19-33-24-7-2-3-8-25(24)34-26/h2-10,12,16,26H,11,13-15,17-19H2,1H3. The minimum Gasteiger partial charge on any atom is -0.491 e. The molecule has 7 heteroatoms. The molecule has 0 bridgehead atoms. The summed E-state index contributed by atoms with van der Waals surface area (Å²) in [6.07, 6.45) is 2.08. The molecule has 2 aliphatic rings. The number of rotatable bonds is 6. The highest BCUT2D eigenvalue weighted by atomic mass is 16.6. The molecule has 1 amide bonds. The Hall–Kier alpha value is -3.58. The van der Waals surface area contributed by atoms with Crippen molar-refractivity contribution >= 4 is 5.91 Å². The average molecular weight is 460 g/mol. The van der Waals surface area contributed by atoms with Crippen LogP contribution >= 0.6 is 0 Å². The quantitative estimate of drug-likeness (QED) is 0.564. The first kappa shape index (κ1) is 22.2. The van der Waals surface area contributed by atoms with Crippen LogP contribution in [0.5, 0.6) is 17.2 Å². The number of benzene rings is 2. The van der Waals surface area contributed by atoms with E-state index in [-0.39, 0.29) is 12.5 Å². The smallest absolute Gasteiger partial charge is 0.267 e. The summed E-state index contributed by atoms with van der Waals surface area (Å²) in [4.78, 5) is 21.7. The van der Waals surface area contributed by atoms with Crippen LogP contribution in [0.2, 0.25) is 0 Å². The van der Waals surface area contributed by atoms with Gasteiger partial charge in [-0.15, -0.1) is 0 Å². The van der Waals surface area contributed by atoms with E-state index < -0.39 is 6.10 Å². The molecular weight excluding hydrogens is 430 g/mol. The van der Waals surface area contributed by atoms with Crippen molar-refractivity contribution in [1.29, 1.82) is 0 Å². The summed E-state index contributed by atoms with van der Waals surface area (Å²) in [6.45, 7) is 3.38. The zero-order valence-electron chi connectivity index (χ0n) is 19.4. The van der Waals surface area contributed by atoms with Gasteiger partial charge in [0.25, 0.3) is 5.91 Å². The highest BCUT2D eigenvalue weighted by Gasteiger charge is 2.32. The second-order valence-electron chi connectivity index (χ2n) is 8.72. The van der Waals surface area contributed by atoms with Gasteiger partial charge in [-0.3, -0.25) is 9.78 Å². The number of amides is 1. The highest BCUT2D eigenvalue weighted by molar-refractivity contribution is 5.82. The maximum absolute atomic E-state index is 13.3. The van der Waals surface area contributed by atoms with Crippen molar-refractivity contribution < 1.29 is 19.0 Å². The lowest BCUT2D eigenvalue weighted by atomic mass is 10.1. The number of carbonyl (C=O) groups is 1. The van der Waals surface area contributed by atoms with Crippen LogP contribution in [0, 0.1) is 0 Å². The topological polar surface area (TPSA) is 64.1 Å². The van der Waals surface area contributed by atoms with Crippen LogP contribution in [0.4, 0.5) is 0 Å². The first-order valence-corrected chi connectivity index (χ1v) is 11.7. The number of nitrogens with zero attached hydrogens (tertiary/aromatic N) is 3. The van der Waals surface area contributed by atoms with Gasteiger partial charge in [0.1, 0.15) is 19.0 Å². The Morgan fingerprint density at radius 3 is 2.76 bits per heavy atom. The number of pyridine rings is 1. The van der Waals surface area contributed by atoms with Crippen molar-refractivity contribution in [2.75, 3.05) is 33.4 Å². The number of para-hydroxylation sites is 2. The molecular formula is C27H29N3O4. The number of likely N-dealkylation sites (N-methyl/N-ethyl adjacent to an activating group) is 1. The maximum atomic E-state index is 13.3. The van der Waals surface area contributed by atoms with Crippen LogP contribution in [-0.2, 0) is 24.3 Å². The molecule has 0 spiro atoms. The molecule has 0 aliphatic carbocycles. The minimum atomic E-state index is -0.655. The average Bonchev–Trinajstić information content (AvgIpc) is 3.09. The Kier molecular flexibility index (Phi) is 6.62. The fraction of sp³-hybridized carbons (Fsp3) is 0.333. The van der Waals surface area contributed by atoms with Crippen LogP contribution in [0.15, 0.2) is 66.9 Å². The monoisotopic (exact) mass is 459 g/mol. The van der Waals surface area contributed by atoms with E-state index in [0.717, 1.165) is 36.5 Å². The predicted molar refractivity (Wildman–Crippen MR) is 128 cm³/mol. The maximum Gasteiger partial charge on any atom is 0.267 e. The Morgan fingerprint density at radius 2 is 1.91 bits per heavy atom. The third-order valence-corrected chi connectivity index (χ3v) is 6.13. The van der Waals surface area contributed by atoms with Gasteiger partial charge in [0, 0.05) is 43.5 Å². The molecule has 1 atom stereocenters. The first-order valence-electron chi connectivity index (χ1n) is 11.7. The van der Waals surface area contributed by atoms with Crippen molar-refractivity contribution in [3.8, 4) is 17.2 Å². The van der Waals surface area contributed by atoms with Crippen LogP contribution in [-0.4, -0.2) is 60.1 Å². The van der Waals surface area contributed by atoms with Crippen molar-refractivity contribution in [3.05, 3.63) is 83.7 Å². The largest absolute Gasteiger partial charge is 0.491 e. The number of ether oxygens (including phenoxy) is 3. The molecule has 176 valence electrons. The Morgan fingerprint density at radius 1 is 1.06 bits per heavy atom. The highest BCUT2D eigenvalue weighted by Crippen LogP contribution is 2.32. The summed E-state index contributed by atoms with van der Waals surface area (Å²) < 4.78 is 17.6. The van der Waals surface area contributed by atoms with E-state index in [0.29, 0.717) is 31.2 Å². The fourth-order valence-corrected chi connectivity index (χ4v) is 4.32. The van der Waals surface area contributed by atoms with E-state index in [1.807, 2.05) is 53.6 Å². The Bertz CT molecular complexity index is 1140. The summed E-state index contributed by atoms with van der Waals surface area (Å²) >= 11 is 0. The zero-order chi connectivity index (χ0) is 23.3. The van der Waals surface area contributed by atoms with E-state index in [2.05, 4.69) is 35.1 Å². The molecule has 0 saturated carbocycles. The van der Waals surface area contributed by atoms with Crippen molar-refractivity contribution in [3.63, 3.8) is 0 Å². The molecule has 5 rings (SSSR count). The number of fused-ring (bicyclic) bond motifs is 2. The summed E-state index contributed by atoms with van der Waals surface area (Å²) in [6, 6.07) is 19.7. The third kappa shape index (κ3) is 5.15. The van der Waals surface area contributed by atoms with Gasteiger partial charge in [0.2, 0.25) is 6.10 Å². The molecule has 7 nitrogen and oxygen atoms in total. The van der Waals surface area contributed by atoms with Gasteiger partial charge < -0.3 is 24.0 Å². The van der Waals surface area contributed by atoms with Gasteiger partial charge in [-0.05, 0) is 49.0 Å². The Labute approximate surface area is 199 Å². The lowest BCUT2D eigenvalue weighted by Gasteiger charge is -2.30. The summed E-state index contributed by atoms with van der Waals surface area (Å²) in [5.41, 5.74) is 3.29. The summed E-state index contributed by atoms with van der Waals surface area (Å²) in [7, 11) is 2.11. The molecule has 1 aromatic heterocycles. The van der Waals surface area contributed by atoms with Crippen molar-refractivity contribution in [1.82, 2.24) is 14.8 Å². The fourth-order valence-electron chi connectivity index (χ4n) is 4.32.